The highest BCUT2D eigenvalue weighted by Gasteiger charge is 2.31. The van der Waals surface area contributed by atoms with Crippen LogP contribution in [0.5, 0.6) is 0 Å². The first kappa shape index (κ1) is 23.2. The van der Waals surface area contributed by atoms with Crippen molar-refractivity contribution in [1.82, 2.24) is 14.5 Å². The summed E-state index contributed by atoms with van der Waals surface area (Å²) in [4.78, 5) is 26.8. The van der Waals surface area contributed by atoms with Crippen molar-refractivity contribution in [2.24, 2.45) is 0 Å². The van der Waals surface area contributed by atoms with Gasteiger partial charge in [-0.05, 0) is 45.0 Å². The molecule has 1 aliphatic rings. The number of carbonyl (C=O) groups is 2. The van der Waals surface area contributed by atoms with Crippen LogP contribution in [-0.2, 0) is 19.6 Å². The molecule has 162 valence electrons. The summed E-state index contributed by atoms with van der Waals surface area (Å²) >= 11 is 0. The van der Waals surface area contributed by atoms with E-state index in [0.29, 0.717) is 13.1 Å². The number of amides is 2. The smallest absolute Gasteiger partial charge is 0.277 e. The van der Waals surface area contributed by atoms with Crippen LogP contribution >= 0.6 is 0 Å². The molecule has 10 heteroatoms. The number of hydrogen-bond donors (Lipinski definition) is 2. The van der Waals surface area contributed by atoms with Gasteiger partial charge in [-0.3, -0.25) is 9.59 Å². The molecule has 0 bridgehead atoms. The number of rotatable bonds is 6. The Labute approximate surface area is 171 Å². The molecule has 1 aliphatic heterocycles. The predicted molar refractivity (Wildman–Crippen MR) is 106 cm³/mol. The topological polar surface area (TPSA) is 91.2 Å². The van der Waals surface area contributed by atoms with Crippen LogP contribution < -0.4 is 10.2 Å². The fourth-order valence-corrected chi connectivity index (χ4v) is 4.53. The minimum Gasteiger partial charge on any atom is -0.350 e. The van der Waals surface area contributed by atoms with E-state index in [1.54, 1.807) is 7.05 Å². The molecule has 0 saturated carbocycles. The number of benzene rings is 1. The minimum atomic E-state index is -3.68. The zero-order chi connectivity index (χ0) is 21.8. The number of carbonyl (C=O) groups excluding carboxylic acids is 2. The van der Waals surface area contributed by atoms with E-state index in [1.807, 2.05) is 20.8 Å². The van der Waals surface area contributed by atoms with E-state index in [4.69, 9.17) is 0 Å². The Kier molecular flexibility index (Phi) is 7.36. The van der Waals surface area contributed by atoms with Crippen molar-refractivity contribution in [2.75, 3.05) is 46.3 Å². The number of piperazine rings is 1. The number of likely N-dealkylation sites (N-methyl/N-ethyl adjacent to an activating group) is 1. The summed E-state index contributed by atoms with van der Waals surface area (Å²) in [5.74, 6) is -0.880. The molecule has 29 heavy (non-hydrogen) atoms. The first-order chi connectivity index (χ1) is 13.4. The lowest BCUT2D eigenvalue weighted by Crippen LogP contribution is -3.15. The summed E-state index contributed by atoms with van der Waals surface area (Å²) in [5, 5.41) is 2.81. The van der Waals surface area contributed by atoms with Gasteiger partial charge in [-0.15, -0.1) is 0 Å². The Bertz CT molecular complexity index is 829. The first-order valence-corrected chi connectivity index (χ1v) is 11.0. The fraction of sp³-hybridized carbons (Fsp3) is 0.579. The third kappa shape index (κ3) is 6.76. The predicted octanol–water partition coefficient (Wildman–Crippen LogP) is -0.912. The van der Waals surface area contributed by atoms with E-state index in [-0.39, 0.29) is 48.4 Å². The van der Waals surface area contributed by atoms with E-state index in [2.05, 4.69) is 5.32 Å². The fourth-order valence-electron chi connectivity index (χ4n) is 3.09. The van der Waals surface area contributed by atoms with Crippen LogP contribution in [0.3, 0.4) is 0 Å². The van der Waals surface area contributed by atoms with Crippen molar-refractivity contribution >= 4 is 21.8 Å². The maximum absolute atomic E-state index is 13.0. The zero-order valence-corrected chi connectivity index (χ0v) is 18.2. The van der Waals surface area contributed by atoms with Gasteiger partial charge in [0, 0.05) is 12.6 Å². The Morgan fingerprint density at radius 2 is 1.72 bits per heavy atom. The molecular formula is C19H30FN4O4S+. The SMILES string of the molecule is CN(CC(=O)NC(C)(C)C)C(=O)C[NH+]1CCN(S(=O)(=O)c2ccc(F)cc2)CC1. The Hall–Kier alpha value is -2.04. The third-order valence-corrected chi connectivity index (χ3v) is 6.52. The Balaban J connectivity index is 1.85. The standard InChI is InChI=1S/C19H29FN4O4S/c1-19(2,3)21-17(25)13-22(4)18(26)14-23-9-11-24(12-10-23)29(27,28)16-7-5-15(20)6-8-16/h5-8H,9-14H2,1-4H3,(H,21,25)/p+1. The lowest BCUT2D eigenvalue weighted by molar-refractivity contribution is -0.895. The van der Waals surface area contributed by atoms with Crippen molar-refractivity contribution < 1.29 is 27.3 Å². The quantitative estimate of drug-likeness (QED) is 0.613. The van der Waals surface area contributed by atoms with Gasteiger partial charge in [0.15, 0.2) is 6.54 Å². The van der Waals surface area contributed by atoms with Crippen LogP contribution in [0.15, 0.2) is 29.2 Å². The molecule has 0 aliphatic carbocycles. The monoisotopic (exact) mass is 429 g/mol. The highest BCUT2D eigenvalue weighted by molar-refractivity contribution is 7.89. The van der Waals surface area contributed by atoms with Crippen LogP contribution in [-0.4, -0.2) is 81.3 Å². The van der Waals surface area contributed by atoms with Crippen LogP contribution in [0.25, 0.3) is 0 Å². The van der Waals surface area contributed by atoms with E-state index in [0.717, 1.165) is 17.0 Å². The number of quaternary nitrogens is 1. The lowest BCUT2D eigenvalue weighted by atomic mass is 10.1. The Morgan fingerprint density at radius 3 is 2.24 bits per heavy atom. The maximum atomic E-state index is 13.0. The normalized spacial score (nSPS) is 16.4. The molecule has 2 N–H and O–H groups in total. The molecule has 0 radical (unpaired) electrons. The second kappa shape index (κ2) is 9.19. The second-order valence-electron chi connectivity index (χ2n) is 8.33. The number of nitrogens with one attached hydrogen (secondary N) is 2. The van der Waals surface area contributed by atoms with Gasteiger partial charge in [0.2, 0.25) is 15.9 Å². The molecule has 8 nitrogen and oxygen atoms in total. The first-order valence-electron chi connectivity index (χ1n) is 9.53. The van der Waals surface area contributed by atoms with Crippen molar-refractivity contribution in [1.29, 1.82) is 0 Å². The van der Waals surface area contributed by atoms with Gasteiger partial charge in [-0.25, -0.2) is 12.8 Å². The average molecular weight is 430 g/mol. The van der Waals surface area contributed by atoms with E-state index in [1.165, 1.54) is 21.3 Å². The third-order valence-electron chi connectivity index (χ3n) is 4.60. The molecule has 0 unspecified atom stereocenters. The van der Waals surface area contributed by atoms with Gasteiger partial charge < -0.3 is 15.1 Å². The lowest BCUT2D eigenvalue weighted by Gasteiger charge is -2.32. The second-order valence-corrected chi connectivity index (χ2v) is 10.3. The number of nitrogens with zero attached hydrogens (tertiary/aromatic N) is 2. The summed E-state index contributed by atoms with van der Waals surface area (Å²) in [7, 11) is -2.09. The van der Waals surface area contributed by atoms with Crippen molar-refractivity contribution in [2.45, 2.75) is 31.2 Å². The van der Waals surface area contributed by atoms with Crippen LogP contribution in [0, 0.1) is 5.82 Å². The van der Waals surface area contributed by atoms with Gasteiger partial charge in [0.25, 0.3) is 5.91 Å². The molecule has 1 aromatic carbocycles. The minimum absolute atomic E-state index is 0.0194. The molecule has 1 fully saturated rings. The van der Waals surface area contributed by atoms with E-state index >= 15 is 0 Å². The highest BCUT2D eigenvalue weighted by atomic mass is 32.2. The summed E-state index contributed by atoms with van der Waals surface area (Å²) in [6.45, 7) is 7.30. The Morgan fingerprint density at radius 1 is 1.17 bits per heavy atom. The van der Waals surface area contributed by atoms with Crippen LogP contribution in [0.4, 0.5) is 4.39 Å². The van der Waals surface area contributed by atoms with Crippen molar-refractivity contribution in [3.8, 4) is 0 Å². The molecule has 1 heterocycles. The molecule has 0 atom stereocenters. The largest absolute Gasteiger partial charge is 0.350 e. The van der Waals surface area contributed by atoms with E-state index in [9.17, 15) is 22.4 Å². The molecule has 1 saturated heterocycles. The molecular weight excluding hydrogens is 399 g/mol. The summed E-state index contributed by atoms with van der Waals surface area (Å²) in [6, 6.07) is 4.76. The summed E-state index contributed by atoms with van der Waals surface area (Å²) in [6.07, 6.45) is 0. The molecule has 0 spiro atoms. The maximum Gasteiger partial charge on any atom is 0.277 e. The highest BCUT2D eigenvalue weighted by Crippen LogP contribution is 2.16. The van der Waals surface area contributed by atoms with Crippen molar-refractivity contribution in [3.63, 3.8) is 0 Å². The van der Waals surface area contributed by atoms with Gasteiger partial charge in [0.1, 0.15) is 5.82 Å². The molecule has 1 aromatic rings. The molecule has 2 amide bonds. The average Bonchev–Trinajstić information content (AvgIpc) is 2.60. The summed E-state index contributed by atoms with van der Waals surface area (Å²) < 4.78 is 39.7. The molecule has 2 rings (SSSR count). The van der Waals surface area contributed by atoms with Gasteiger partial charge in [-0.2, -0.15) is 4.31 Å². The van der Waals surface area contributed by atoms with Crippen molar-refractivity contribution in [3.05, 3.63) is 30.1 Å². The molecule has 0 aromatic heterocycles. The van der Waals surface area contributed by atoms with Gasteiger partial charge in [-0.1, -0.05) is 0 Å². The number of hydrogen-bond acceptors (Lipinski definition) is 4. The van der Waals surface area contributed by atoms with Crippen LogP contribution in [0.1, 0.15) is 20.8 Å². The van der Waals surface area contributed by atoms with Gasteiger partial charge >= 0.3 is 0 Å². The zero-order valence-electron chi connectivity index (χ0n) is 17.4. The number of halogens is 1. The number of sulfonamides is 1. The van der Waals surface area contributed by atoms with E-state index < -0.39 is 15.8 Å². The van der Waals surface area contributed by atoms with Gasteiger partial charge in [0.05, 0.1) is 37.6 Å². The van der Waals surface area contributed by atoms with Crippen LogP contribution in [0.2, 0.25) is 0 Å². The summed E-state index contributed by atoms with van der Waals surface area (Å²) in [5.41, 5.74) is -0.363.